The summed E-state index contributed by atoms with van der Waals surface area (Å²) in [6.45, 7) is 3.61. The second-order valence-electron chi connectivity index (χ2n) is 4.72. The number of likely N-dealkylation sites (tertiary alicyclic amines) is 1. The molecule has 0 amide bonds. The number of methoxy groups -OCH3 is 1. The van der Waals surface area contributed by atoms with Crippen molar-refractivity contribution < 1.29 is 4.74 Å². The lowest BCUT2D eigenvalue weighted by atomic mass is 10.0. The van der Waals surface area contributed by atoms with E-state index in [0.717, 1.165) is 18.7 Å². The molecule has 2 N–H and O–H groups in total. The van der Waals surface area contributed by atoms with Crippen LogP contribution in [0.2, 0.25) is 0 Å². The zero-order valence-corrected chi connectivity index (χ0v) is 10.6. The summed E-state index contributed by atoms with van der Waals surface area (Å²) in [7, 11) is 1.68. The van der Waals surface area contributed by atoms with Gasteiger partial charge >= 0.3 is 0 Å². The lowest BCUT2D eigenvalue weighted by Gasteiger charge is -2.18. The Morgan fingerprint density at radius 3 is 2.47 bits per heavy atom. The van der Waals surface area contributed by atoms with Crippen molar-refractivity contribution in [3.63, 3.8) is 0 Å². The molecule has 1 aromatic carbocycles. The van der Waals surface area contributed by atoms with Crippen LogP contribution in [0.15, 0.2) is 24.3 Å². The molecule has 0 radical (unpaired) electrons. The minimum atomic E-state index is 0.140. The highest BCUT2D eigenvalue weighted by atomic mass is 16.5. The van der Waals surface area contributed by atoms with E-state index in [1.54, 1.807) is 7.11 Å². The van der Waals surface area contributed by atoms with Gasteiger partial charge in [0, 0.05) is 6.04 Å². The van der Waals surface area contributed by atoms with E-state index in [1.165, 1.54) is 31.5 Å². The molecule has 94 valence electrons. The third-order valence-corrected chi connectivity index (χ3v) is 3.50. The number of nitrogens with two attached hydrogens (primary N) is 1. The van der Waals surface area contributed by atoms with Gasteiger partial charge in [0.2, 0.25) is 0 Å². The van der Waals surface area contributed by atoms with Gasteiger partial charge < -0.3 is 15.4 Å². The Morgan fingerprint density at radius 2 is 1.88 bits per heavy atom. The fourth-order valence-electron chi connectivity index (χ4n) is 2.35. The van der Waals surface area contributed by atoms with Crippen LogP contribution in [0.5, 0.6) is 5.75 Å². The largest absolute Gasteiger partial charge is 0.497 e. The highest BCUT2D eigenvalue weighted by Gasteiger charge is 2.13. The molecular formula is C14H22N2O. The Labute approximate surface area is 104 Å². The van der Waals surface area contributed by atoms with Crippen LogP contribution in [0.4, 0.5) is 0 Å². The lowest BCUT2D eigenvalue weighted by Crippen LogP contribution is -2.24. The van der Waals surface area contributed by atoms with Crippen molar-refractivity contribution in [2.24, 2.45) is 5.73 Å². The number of nitrogens with zero attached hydrogens (tertiary/aromatic N) is 1. The SMILES string of the molecule is COc1ccc(C(N)CCN2CCCC2)cc1. The smallest absolute Gasteiger partial charge is 0.118 e. The summed E-state index contributed by atoms with van der Waals surface area (Å²) in [5.41, 5.74) is 7.40. The minimum absolute atomic E-state index is 0.140. The molecule has 1 heterocycles. The molecule has 3 nitrogen and oxygen atoms in total. The summed E-state index contributed by atoms with van der Waals surface area (Å²) in [6, 6.07) is 8.22. The maximum Gasteiger partial charge on any atom is 0.118 e. The van der Waals surface area contributed by atoms with Gasteiger partial charge in [0.1, 0.15) is 5.75 Å². The Morgan fingerprint density at radius 1 is 1.24 bits per heavy atom. The topological polar surface area (TPSA) is 38.5 Å². The van der Waals surface area contributed by atoms with Crippen molar-refractivity contribution in [3.8, 4) is 5.75 Å². The van der Waals surface area contributed by atoms with Crippen molar-refractivity contribution in [2.75, 3.05) is 26.7 Å². The van der Waals surface area contributed by atoms with Crippen LogP contribution in [0.1, 0.15) is 30.9 Å². The number of benzene rings is 1. The Kier molecular flexibility index (Phi) is 4.40. The highest BCUT2D eigenvalue weighted by Crippen LogP contribution is 2.19. The Bertz CT molecular complexity index is 331. The van der Waals surface area contributed by atoms with Crippen molar-refractivity contribution >= 4 is 0 Å². The molecule has 1 aliphatic rings. The van der Waals surface area contributed by atoms with E-state index in [2.05, 4.69) is 17.0 Å². The minimum Gasteiger partial charge on any atom is -0.497 e. The Balaban J connectivity index is 1.83. The van der Waals surface area contributed by atoms with E-state index in [1.807, 2.05) is 12.1 Å². The first kappa shape index (κ1) is 12.4. The fourth-order valence-corrected chi connectivity index (χ4v) is 2.35. The quantitative estimate of drug-likeness (QED) is 0.848. The zero-order valence-electron chi connectivity index (χ0n) is 10.6. The number of hydrogen-bond donors (Lipinski definition) is 1. The average Bonchev–Trinajstić information content (AvgIpc) is 2.89. The van der Waals surface area contributed by atoms with Gasteiger partial charge in [-0.1, -0.05) is 12.1 Å². The van der Waals surface area contributed by atoms with Gasteiger partial charge in [-0.05, 0) is 56.6 Å². The van der Waals surface area contributed by atoms with Gasteiger partial charge in [-0.3, -0.25) is 0 Å². The maximum atomic E-state index is 6.20. The van der Waals surface area contributed by atoms with Crippen LogP contribution >= 0.6 is 0 Å². The van der Waals surface area contributed by atoms with E-state index >= 15 is 0 Å². The van der Waals surface area contributed by atoms with Gasteiger partial charge in [-0.25, -0.2) is 0 Å². The van der Waals surface area contributed by atoms with Crippen molar-refractivity contribution in [3.05, 3.63) is 29.8 Å². The van der Waals surface area contributed by atoms with Gasteiger partial charge in [0.05, 0.1) is 7.11 Å². The summed E-state index contributed by atoms with van der Waals surface area (Å²) in [5.74, 6) is 0.889. The summed E-state index contributed by atoms with van der Waals surface area (Å²) < 4.78 is 5.14. The first-order valence-electron chi connectivity index (χ1n) is 6.41. The zero-order chi connectivity index (χ0) is 12.1. The van der Waals surface area contributed by atoms with E-state index in [9.17, 15) is 0 Å². The molecule has 0 saturated carbocycles. The summed E-state index contributed by atoms with van der Waals surface area (Å²) in [5, 5.41) is 0. The van der Waals surface area contributed by atoms with E-state index in [4.69, 9.17) is 10.5 Å². The molecule has 1 atom stereocenters. The number of hydrogen-bond acceptors (Lipinski definition) is 3. The predicted molar refractivity (Wildman–Crippen MR) is 70.2 cm³/mol. The monoisotopic (exact) mass is 234 g/mol. The molecule has 1 aromatic rings. The molecule has 1 saturated heterocycles. The molecule has 1 aliphatic heterocycles. The standard InChI is InChI=1S/C14H22N2O/c1-17-13-6-4-12(5-7-13)14(15)8-11-16-9-2-3-10-16/h4-7,14H,2-3,8-11,15H2,1H3. The van der Waals surface area contributed by atoms with Crippen molar-refractivity contribution in [1.29, 1.82) is 0 Å². The number of rotatable bonds is 5. The van der Waals surface area contributed by atoms with Crippen LogP contribution in [0, 0.1) is 0 Å². The van der Waals surface area contributed by atoms with Gasteiger partial charge in [-0.2, -0.15) is 0 Å². The van der Waals surface area contributed by atoms with Crippen LogP contribution < -0.4 is 10.5 Å². The molecular weight excluding hydrogens is 212 g/mol. The van der Waals surface area contributed by atoms with E-state index < -0.39 is 0 Å². The highest BCUT2D eigenvalue weighted by molar-refractivity contribution is 5.28. The summed E-state index contributed by atoms with van der Waals surface area (Å²) in [6.07, 6.45) is 3.72. The first-order chi connectivity index (χ1) is 8.29. The molecule has 17 heavy (non-hydrogen) atoms. The van der Waals surface area contributed by atoms with Crippen LogP contribution in [-0.4, -0.2) is 31.6 Å². The van der Waals surface area contributed by atoms with Gasteiger partial charge in [0.15, 0.2) is 0 Å². The summed E-state index contributed by atoms with van der Waals surface area (Å²) in [4.78, 5) is 2.50. The number of ether oxygens (including phenoxy) is 1. The van der Waals surface area contributed by atoms with Crippen molar-refractivity contribution in [2.45, 2.75) is 25.3 Å². The van der Waals surface area contributed by atoms with E-state index in [0.29, 0.717) is 0 Å². The fraction of sp³-hybridized carbons (Fsp3) is 0.571. The second kappa shape index (κ2) is 6.03. The van der Waals surface area contributed by atoms with Crippen LogP contribution in [0.25, 0.3) is 0 Å². The molecule has 3 heteroatoms. The van der Waals surface area contributed by atoms with Gasteiger partial charge in [-0.15, -0.1) is 0 Å². The van der Waals surface area contributed by atoms with Crippen LogP contribution in [0.3, 0.4) is 0 Å². The second-order valence-corrected chi connectivity index (χ2v) is 4.72. The molecule has 1 unspecified atom stereocenters. The third kappa shape index (κ3) is 3.45. The summed E-state index contributed by atoms with van der Waals surface area (Å²) >= 11 is 0. The first-order valence-corrected chi connectivity index (χ1v) is 6.41. The molecule has 1 fully saturated rings. The molecule has 0 aliphatic carbocycles. The average molecular weight is 234 g/mol. The maximum absolute atomic E-state index is 6.20. The lowest BCUT2D eigenvalue weighted by molar-refractivity contribution is 0.322. The molecule has 0 spiro atoms. The van der Waals surface area contributed by atoms with E-state index in [-0.39, 0.29) is 6.04 Å². The molecule has 2 rings (SSSR count). The Hall–Kier alpha value is -1.06. The van der Waals surface area contributed by atoms with Crippen LogP contribution in [-0.2, 0) is 0 Å². The molecule has 0 aromatic heterocycles. The molecule has 0 bridgehead atoms. The van der Waals surface area contributed by atoms with Crippen molar-refractivity contribution in [1.82, 2.24) is 4.90 Å². The third-order valence-electron chi connectivity index (χ3n) is 3.50. The normalized spacial score (nSPS) is 18.2. The van der Waals surface area contributed by atoms with Gasteiger partial charge in [0.25, 0.3) is 0 Å². The predicted octanol–water partition coefficient (Wildman–Crippen LogP) is 2.18.